The lowest BCUT2D eigenvalue weighted by Crippen LogP contribution is -2.56. The van der Waals surface area contributed by atoms with Gasteiger partial charge >= 0.3 is 11.9 Å². The van der Waals surface area contributed by atoms with Crippen molar-refractivity contribution in [3.05, 3.63) is 0 Å². The molecule has 0 aliphatic rings. The van der Waals surface area contributed by atoms with Crippen molar-refractivity contribution in [2.24, 2.45) is 11.5 Å². The van der Waals surface area contributed by atoms with Crippen LogP contribution >= 0.6 is 11.8 Å². The number of unbranched alkanes of at least 4 members (excludes halogenated alkanes) is 1. The van der Waals surface area contributed by atoms with Gasteiger partial charge in [-0.05, 0) is 44.2 Å². The van der Waals surface area contributed by atoms with Crippen molar-refractivity contribution in [2.45, 2.75) is 50.2 Å². The zero-order valence-corrected chi connectivity index (χ0v) is 17.7. The fourth-order valence-electron chi connectivity index (χ4n) is 2.36. The molecule has 0 aromatic rings. The zero-order chi connectivity index (χ0) is 23.1. The molecule has 12 nitrogen and oxygen atoms in total. The number of carboxylic acid groups (broad SMARTS) is 2. The molecule has 0 saturated carbocycles. The average molecular weight is 450 g/mol. The highest BCUT2D eigenvalue weighted by Crippen LogP contribution is 2.05. The van der Waals surface area contributed by atoms with Gasteiger partial charge in [0, 0.05) is 0 Å². The SMILES string of the molecule is CSCCC(N)C(=O)NC(CCCCN)C(=O)NC(CC(=O)O)C(=O)NCC(=O)O. The Morgan fingerprint density at radius 2 is 1.53 bits per heavy atom. The normalized spacial score (nSPS) is 13.6. The largest absolute Gasteiger partial charge is 0.481 e. The van der Waals surface area contributed by atoms with Crippen LogP contribution in [0.15, 0.2) is 0 Å². The van der Waals surface area contributed by atoms with Gasteiger partial charge in [0.2, 0.25) is 17.7 Å². The molecule has 30 heavy (non-hydrogen) atoms. The van der Waals surface area contributed by atoms with E-state index < -0.39 is 60.8 Å². The number of nitrogens with two attached hydrogens (primary N) is 2. The summed E-state index contributed by atoms with van der Waals surface area (Å²) < 4.78 is 0. The van der Waals surface area contributed by atoms with E-state index in [1.165, 1.54) is 11.8 Å². The molecule has 0 aliphatic carbocycles. The summed E-state index contributed by atoms with van der Waals surface area (Å²) in [5.41, 5.74) is 11.3. The smallest absolute Gasteiger partial charge is 0.322 e. The summed E-state index contributed by atoms with van der Waals surface area (Å²) in [6, 6.07) is -3.38. The first-order valence-electron chi connectivity index (χ1n) is 9.39. The molecule has 3 unspecified atom stereocenters. The second-order valence-electron chi connectivity index (χ2n) is 6.50. The van der Waals surface area contributed by atoms with Gasteiger partial charge in [-0.1, -0.05) is 0 Å². The summed E-state index contributed by atoms with van der Waals surface area (Å²) in [7, 11) is 0. The van der Waals surface area contributed by atoms with E-state index in [1.807, 2.05) is 11.6 Å². The second kappa shape index (κ2) is 15.5. The van der Waals surface area contributed by atoms with E-state index in [4.69, 9.17) is 21.7 Å². The lowest BCUT2D eigenvalue weighted by atomic mass is 10.1. The summed E-state index contributed by atoms with van der Waals surface area (Å²) >= 11 is 1.52. The Balaban J connectivity index is 5.20. The average Bonchev–Trinajstić information content (AvgIpc) is 2.68. The number of carboxylic acids is 2. The molecule has 0 bridgehead atoms. The van der Waals surface area contributed by atoms with Crippen LogP contribution in [0.25, 0.3) is 0 Å². The van der Waals surface area contributed by atoms with E-state index >= 15 is 0 Å². The summed E-state index contributed by atoms with van der Waals surface area (Å²) in [5, 5.41) is 24.5. The molecule has 172 valence electrons. The molecular formula is C17H31N5O7S. The topological polar surface area (TPSA) is 214 Å². The minimum absolute atomic E-state index is 0.209. The molecule has 0 fully saturated rings. The van der Waals surface area contributed by atoms with Crippen LogP contribution in [-0.4, -0.2) is 83.1 Å². The van der Waals surface area contributed by atoms with E-state index in [-0.39, 0.29) is 6.42 Å². The van der Waals surface area contributed by atoms with E-state index in [1.54, 1.807) is 0 Å². The molecule has 0 radical (unpaired) electrons. The summed E-state index contributed by atoms with van der Waals surface area (Å²) in [4.78, 5) is 58.6. The third-order valence-corrected chi connectivity index (χ3v) is 4.62. The van der Waals surface area contributed by atoms with Gasteiger partial charge < -0.3 is 37.6 Å². The molecule has 3 amide bonds. The van der Waals surface area contributed by atoms with Crippen molar-refractivity contribution in [3.63, 3.8) is 0 Å². The highest BCUT2D eigenvalue weighted by atomic mass is 32.2. The van der Waals surface area contributed by atoms with Crippen LogP contribution in [0, 0.1) is 0 Å². The van der Waals surface area contributed by atoms with Crippen LogP contribution in [0.4, 0.5) is 0 Å². The fourth-order valence-corrected chi connectivity index (χ4v) is 2.85. The maximum absolute atomic E-state index is 12.7. The Labute approximate surface area is 178 Å². The second-order valence-corrected chi connectivity index (χ2v) is 7.49. The number of hydrogen-bond acceptors (Lipinski definition) is 8. The zero-order valence-electron chi connectivity index (χ0n) is 16.9. The van der Waals surface area contributed by atoms with Gasteiger partial charge in [0.25, 0.3) is 0 Å². The number of rotatable bonds is 16. The van der Waals surface area contributed by atoms with E-state index in [2.05, 4.69) is 10.6 Å². The third kappa shape index (κ3) is 12.2. The Morgan fingerprint density at radius 1 is 0.900 bits per heavy atom. The van der Waals surface area contributed by atoms with Crippen molar-refractivity contribution >= 4 is 41.4 Å². The summed E-state index contributed by atoms with van der Waals surface area (Å²) in [5.74, 6) is -4.31. The number of aliphatic carboxylic acids is 2. The van der Waals surface area contributed by atoms with Gasteiger partial charge in [0.1, 0.15) is 18.6 Å². The van der Waals surface area contributed by atoms with Crippen LogP contribution in [0.1, 0.15) is 32.1 Å². The summed E-state index contributed by atoms with van der Waals surface area (Å²) in [6.45, 7) is -0.347. The predicted octanol–water partition coefficient (Wildman–Crippen LogP) is -2.16. The van der Waals surface area contributed by atoms with Crippen LogP contribution in [0.2, 0.25) is 0 Å². The minimum Gasteiger partial charge on any atom is -0.481 e. The highest BCUT2D eigenvalue weighted by Gasteiger charge is 2.29. The maximum Gasteiger partial charge on any atom is 0.322 e. The molecule has 0 aromatic heterocycles. The first-order chi connectivity index (χ1) is 14.1. The monoisotopic (exact) mass is 449 g/mol. The first-order valence-corrected chi connectivity index (χ1v) is 10.8. The molecule has 0 aromatic carbocycles. The highest BCUT2D eigenvalue weighted by molar-refractivity contribution is 7.98. The van der Waals surface area contributed by atoms with Gasteiger partial charge in [-0.2, -0.15) is 11.8 Å². The van der Waals surface area contributed by atoms with E-state index in [0.717, 1.165) is 0 Å². The van der Waals surface area contributed by atoms with Gasteiger partial charge in [0.15, 0.2) is 0 Å². The Kier molecular flexibility index (Phi) is 14.2. The lowest BCUT2D eigenvalue weighted by molar-refractivity contribution is -0.141. The van der Waals surface area contributed by atoms with Crippen molar-refractivity contribution in [2.75, 3.05) is 25.1 Å². The molecule has 0 rings (SSSR count). The number of hydrogen-bond donors (Lipinski definition) is 7. The number of carbonyl (C=O) groups is 5. The number of carbonyl (C=O) groups excluding carboxylic acids is 3. The molecule has 0 heterocycles. The molecule has 9 N–H and O–H groups in total. The quantitative estimate of drug-likeness (QED) is 0.127. The summed E-state index contributed by atoms with van der Waals surface area (Å²) in [6.07, 6.45) is 2.82. The molecule has 3 atom stereocenters. The van der Waals surface area contributed by atoms with Crippen LogP contribution in [-0.2, 0) is 24.0 Å². The Hall–Kier alpha value is -2.38. The number of amides is 3. The molecule has 0 aliphatic heterocycles. The van der Waals surface area contributed by atoms with Gasteiger partial charge in [-0.25, -0.2) is 0 Å². The standard InChI is InChI=1S/C17H31N5O7S/c1-30-7-5-10(19)15(27)21-11(4-2-3-6-18)17(29)22-12(8-13(23)24)16(28)20-9-14(25)26/h10-12H,2-9,18-19H2,1H3,(H,20,28)(H,21,27)(H,22,29)(H,23,24)(H,25,26). The molecule has 0 spiro atoms. The van der Waals surface area contributed by atoms with Crippen molar-refractivity contribution < 1.29 is 34.2 Å². The van der Waals surface area contributed by atoms with Crippen LogP contribution in [0.5, 0.6) is 0 Å². The molecule has 0 saturated heterocycles. The lowest BCUT2D eigenvalue weighted by Gasteiger charge is -2.23. The predicted molar refractivity (Wildman–Crippen MR) is 111 cm³/mol. The van der Waals surface area contributed by atoms with Crippen LogP contribution < -0.4 is 27.4 Å². The van der Waals surface area contributed by atoms with E-state index in [0.29, 0.717) is 31.6 Å². The minimum atomic E-state index is -1.51. The first kappa shape index (κ1) is 27.6. The van der Waals surface area contributed by atoms with Gasteiger partial charge in [-0.15, -0.1) is 0 Å². The molecular weight excluding hydrogens is 418 g/mol. The molecule has 13 heteroatoms. The van der Waals surface area contributed by atoms with Crippen LogP contribution in [0.3, 0.4) is 0 Å². The van der Waals surface area contributed by atoms with Crippen molar-refractivity contribution in [3.8, 4) is 0 Å². The van der Waals surface area contributed by atoms with Gasteiger partial charge in [-0.3, -0.25) is 24.0 Å². The third-order valence-electron chi connectivity index (χ3n) is 3.98. The maximum atomic E-state index is 12.7. The van der Waals surface area contributed by atoms with E-state index in [9.17, 15) is 24.0 Å². The number of nitrogens with one attached hydrogen (secondary N) is 3. The van der Waals surface area contributed by atoms with Gasteiger partial charge in [0.05, 0.1) is 12.5 Å². The van der Waals surface area contributed by atoms with Crippen molar-refractivity contribution in [1.82, 2.24) is 16.0 Å². The number of thioether (sulfide) groups is 1. The Bertz CT molecular complexity index is 605. The fraction of sp³-hybridized carbons (Fsp3) is 0.706. The Morgan fingerprint density at radius 3 is 2.07 bits per heavy atom. The van der Waals surface area contributed by atoms with Crippen molar-refractivity contribution in [1.29, 1.82) is 0 Å².